The van der Waals surface area contributed by atoms with Gasteiger partial charge in [0.15, 0.2) is 0 Å². The maximum Gasteiger partial charge on any atom is 1.00 e. The van der Waals surface area contributed by atoms with E-state index in [2.05, 4.69) is 0 Å². The number of carboxylic acids is 2. The summed E-state index contributed by atoms with van der Waals surface area (Å²) in [6.45, 7) is 0. The van der Waals surface area contributed by atoms with Crippen LogP contribution in [0.2, 0.25) is 0 Å². The molecule has 0 aliphatic heterocycles. The third-order valence-electron chi connectivity index (χ3n) is 0.183. The first-order chi connectivity index (χ1) is 4.37. The molecule has 3 N–H and O–H groups in total. The van der Waals surface area contributed by atoms with Crippen molar-refractivity contribution in [1.82, 2.24) is 0 Å². The molecule has 0 heterocycles. The summed E-state index contributed by atoms with van der Waals surface area (Å²) in [5.41, 5.74) is 0. The Morgan fingerprint density at radius 2 is 1.25 bits per heavy atom. The van der Waals surface area contributed by atoms with E-state index in [1.165, 1.54) is 0 Å². The van der Waals surface area contributed by atoms with Crippen molar-refractivity contribution in [3.05, 3.63) is 10.1 Å². The Balaban J connectivity index is -0.0000000483. The number of hydrogen-bond acceptors (Lipinski definition) is 4. The Hall–Kier alpha value is -0.570. The van der Waals surface area contributed by atoms with E-state index in [0.29, 0.717) is 0 Å². The largest absolute Gasteiger partial charge is 1.00 e. The maximum atomic E-state index is 9.10. The molecule has 0 amide bonds. The van der Waals surface area contributed by atoms with E-state index in [4.69, 9.17) is 35.1 Å². The van der Waals surface area contributed by atoms with E-state index in [9.17, 15) is 0 Å². The van der Waals surface area contributed by atoms with Crippen LogP contribution in [0.4, 0.5) is 0 Å². The fourth-order valence-electron chi connectivity index (χ4n) is 0. The predicted octanol–water partition coefficient (Wildman–Crippen LogP) is -7.18. The first kappa shape index (κ1) is 22.5. The number of rotatable bonds is 0. The average molecular weight is 211 g/mol. The molecular weight excluding hydrogens is 208 g/mol. The van der Waals surface area contributed by atoms with Gasteiger partial charge in [0, 0.05) is 0 Å². The number of carbonyl (C=O) groups is 2. The van der Waals surface area contributed by atoms with Gasteiger partial charge in [0.1, 0.15) is 0 Å². The van der Waals surface area contributed by atoms with E-state index in [-0.39, 0.29) is 42.0 Å². The molecule has 0 fully saturated rings. The Labute approximate surface area is 94.0 Å². The van der Waals surface area contributed by atoms with Crippen molar-refractivity contribution < 1.29 is 72.1 Å². The van der Waals surface area contributed by atoms with Crippen molar-refractivity contribution in [3.8, 4) is 0 Å². The van der Waals surface area contributed by atoms with Crippen LogP contribution in [-0.4, -0.2) is 32.4 Å². The van der Waals surface area contributed by atoms with Crippen molar-refractivity contribution >= 4 is 11.9 Å². The SMILES string of the molecule is O=C(O)C(=O)O.O=[N+]([O-])O.[Cl-].[Na+]. The van der Waals surface area contributed by atoms with E-state index in [0.717, 1.165) is 0 Å². The summed E-state index contributed by atoms with van der Waals surface area (Å²) >= 11 is 0. The first-order valence-electron chi connectivity index (χ1n) is 1.67. The van der Waals surface area contributed by atoms with Gasteiger partial charge in [-0.05, 0) is 0 Å². The molecule has 0 aliphatic rings. The van der Waals surface area contributed by atoms with E-state index in [1.54, 1.807) is 0 Å². The van der Waals surface area contributed by atoms with Gasteiger partial charge in [0.2, 0.25) is 0 Å². The molecule has 8 nitrogen and oxygen atoms in total. The van der Waals surface area contributed by atoms with Crippen LogP contribution in [0, 0.1) is 10.1 Å². The van der Waals surface area contributed by atoms with Gasteiger partial charge in [-0.15, -0.1) is 10.1 Å². The number of halogens is 1. The van der Waals surface area contributed by atoms with Crippen LogP contribution in [0.1, 0.15) is 0 Å². The summed E-state index contributed by atoms with van der Waals surface area (Å²) in [6, 6.07) is 0. The number of carboxylic acid groups (broad SMARTS) is 2. The molecule has 0 atom stereocenters. The van der Waals surface area contributed by atoms with Gasteiger partial charge in [-0.1, -0.05) is 0 Å². The fraction of sp³-hybridized carbons (Fsp3) is 0. The quantitative estimate of drug-likeness (QED) is 0.157. The molecular formula is C2H3ClNNaO7. The summed E-state index contributed by atoms with van der Waals surface area (Å²) in [6.07, 6.45) is 0. The zero-order valence-corrected chi connectivity index (χ0v) is 8.56. The Bertz CT molecular complexity index is 143. The molecule has 0 radical (unpaired) electrons. The van der Waals surface area contributed by atoms with Crippen LogP contribution in [-0.2, 0) is 9.59 Å². The molecule has 0 aromatic heterocycles. The Morgan fingerprint density at radius 3 is 1.25 bits per heavy atom. The molecule has 10 heteroatoms. The van der Waals surface area contributed by atoms with Gasteiger partial charge in [-0.2, -0.15) is 0 Å². The fourth-order valence-corrected chi connectivity index (χ4v) is 0. The number of nitrogens with zero attached hydrogens (tertiary/aromatic N) is 1. The van der Waals surface area contributed by atoms with Crippen molar-refractivity contribution in [1.29, 1.82) is 0 Å². The average Bonchev–Trinajstić information content (AvgIpc) is 1.63. The number of aliphatic carboxylic acids is 2. The minimum Gasteiger partial charge on any atom is -1.00 e. The molecule has 0 unspecified atom stereocenters. The topological polar surface area (TPSA) is 138 Å². The smallest absolute Gasteiger partial charge is 1.00 e. The van der Waals surface area contributed by atoms with Crippen molar-refractivity contribution in [3.63, 3.8) is 0 Å². The van der Waals surface area contributed by atoms with Crippen molar-refractivity contribution in [2.24, 2.45) is 0 Å². The monoisotopic (exact) mass is 211 g/mol. The molecule has 0 bridgehead atoms. The van der Waals surface area contributed by atoms with Gasteiger partial charge in [0.05, 0.1) is 0 Å². The predicted molar refractivity (Wildman–Crippen MR) is 24.1 cm³/mol. The minimum absolute atomic E-state index is 0. The zero-order valence-electron chi connectivity index (χ0n) is 5.80. The third-order valence-corrected chi connectivity index (χ3v) is 0.183. The summed E-state index contributed by atoms with van der Waals surface area (Å²) in [5, 5.41) is 28.4. The Kier molecular flexibility index (Phi) is 24.5. The molecule has 0 rings (SSSR count). The Morgan fingerprint density at radius 1 is 1.17 bits per heavy atom. The second kappa shape index (κ2) is 13.1. The summed E-state index contributed by atoms with van der Waals surface area (Å²) in [7, 11) is 0. The van der Waals surface area contributed by atoms with Crippen LogP contribution in [0.5, 0.6) is 0 Å². The van der Waals surface area contributed by atoms with Crippen molar-refractivity contribution in [2.75, 3.05) is 0 Å². The normalized spacial score (nSPS) is 5.67. The van der Waals surface area contributed by atoms with Gasteiger partial charge in [0.25, 0.3) is 5.09 Å². The molecule has 0 aromatic rings. The van der Waals surface area contributed by atoms with E-state index < -0.39 is 17.0 Å². The van der Waals surface area contributed by atoms with Crippen molar-refractivity contribution in [2.45, 2.75) is 0 Å². The molecule has 0 saturated heterocycles. The maximum absolute atomic E-state index is 9.10. The van der Waals surface area contributed by atoms with Gasteiger partial charge >= 0.3 is 41.5 Å². The molecule has 0 saturated carbocycles. The zero-order chi connectivity index (χ0) is 8.73. The second-order valence-electron chi connectivity index (χ2n) is 0.848. The van der Waals surface area contributed by atoms with Gasteiger partial charge in [-0.25, -0.2) is 9.59 Å². The van der Waals surface area contributed by atoms with Crippen LogP contribution in [0.15, 0.2) is 0 Å². The molecule has 12 heavy (non-hydrogen) atoms. The molecule has 0 aromatic carbocycles. The summed E-state index contributed by atoms with van der Waals surface area (Å²) in [4.78, 5) is 26.6. The summed E-state index contributed by atoms with van der Waals surface area (Å²) in [5.74, 6) is -3.65. The summed E-state index contributed by atoms with van der Waals surface area (Å²) < 4.78 is 0. The van der Waals surface area contributed by atoms with Gasteiger partial charge < -0.3 is 27.8 Å². The third kappa shape index (κ3) is 57.0. The van der Waals surface area contributed by atoms with E-state index >= 15 is 0 Å². The van der Waals surface area contributed by atoms with Crippen LogP contribution in [0.3, 0.4) is 0 Å². The molecule has 0 aliphatic carbocycles. The second-order valence-corrected chi connectivity index (χ2v) is 0.848. The molecule has 0 spiro atoms. The number of hydrogen-bond donors (Lipinski definition) is 3. The van der Waals surface area contributed by atoms with Gasteiger partial charge in [-0.3, -0.25) is 0 Å². The minimum atomic E-state index is -1.82. The van der Waals surface area contributed by atoms with E-state index in [1.807, 2.05) is 0 Å². The van der Waals surface area contributed by atoms with Crippen LogP contribution < -0.4 is 42.0 Å². The van der Waals surface area contributed by atoms with Crippen LogP contribution >= 0.6 is 0 Å². The standard InChI is InChI=1S/C2H2O4.ClH.HNO3.Na/c3-1(4)2(5)6;;2-1(3)4;/h(H,3,4)(H,5,6);1H;(H,2,3,4);/q;;;+1/p-1. The van der Waals surface area contributed by atoms with Crippen LogP contribution in [0.25, 0.3) is 0 Å². The molecule has 66 valence electrons. The first-order valence-corrected chi connectivity index (χ1v) is 1.67.